The number of aliphatic hydroxyl groups excluding tert-OH is 2. The minimum Gasteiger partial charge on any atom is -0.481 e. The summed E-state index contributed by atoms with van der Waals surface area (Å²) in [7, 11) is 0. The highest BCUT2D eigenvalue weighted by Gasteiger charge is 2.49. The number of carboxylic acids is 1. The van der Waals surface area contributed by atoms with Crippen LogP contribution in [0.3, 0.4) is 0 Å². The van der Waals surface area contributed by atoms with E-state index in [1.807, 2.05) is 18.2 Å². The molecular formula is C20H28O4. The van der Waals surface area contributed by atoms with E-state index in [9.17, 15) is 15.0 Å². The number of rotatable bonds is 6. The summed E-state index contributed by atoms with van der Waals surface area (Å²) in [6.45, 7) is 0. The molecule has 132 valence electrons. The molecule has 0 amide bonds. The van der Waals surface area contributed by atoms with Gasteiger partial charge >= 0.3 is 5.97 Å². The van der Waals surface area contributed by atoms with Gasteiger partial charge in [-0.25, -0.2) is 0 Å². The van der Waals surface area contributed by atoms with E-state index in [4.69, 9.17) is 5.11 Å². The molecule has 0 aromatic carbocycles. The monoisotopic (exact) mass is 332 g/mol. The van der Waals surface area contributed by atoms with Gasteiger partial charge in [-0.05, 0) is 61.5 Å². The summed E-state index contributed by atoms with van der Waals surface area (Å²) in [5.41, 5.74) is 4.46. The lowest BCUT2D eigenvalue weighted by Gasteiger charge is -2.34. The summed E-state index contributed by atoms with van der Waals surface area (Å²) in [6.07, 6.45) is 12.1. The van der Waals surface area contributed by atoms with Crippen LogP contribution in [0, 0.1) is 23.7 Å². The third-order valence-corrected chi connectivity index (χ3v) is 6.05. The molecule has 3 rings (SSSR count). The number of hydrogen-bond acceptors (Lipinski definition) is 3. The number of carbonyl (C=O) groups is 1. The predicted molar refractivity (Wildman–Crippen MR) is 91.3 cm³/mol. The topological polar surface area (TPSA) is 77.8 Å². The average molecular weight is 332 g/mol. The van der Waals surface area contributed by atoms with Crippen molar-refractivity contribution in [1.82, 2.24) is 0 Å². The van der Waals surface area contributed by atoms with E-state index >= 15 is 0 Å². The highest BCUT2D eigenvalue weighted by Crippen LogP contribution is 2.53. The van der Waals surface area contributed by atoms with Crippen molar-refractivity contribution in [2.24, 2.45) is 23.7 Å². The van der Waals surface area contributed by atoms with Crippen molar-refractivity contribution < 1.29 is 20.1 Å². The maximum absolute atomic E-state index is 10.5. The molecule has 24 heavy (non-hydrogen) atoms. The van der Waals surface area contributed by atoms with Crippen molar-refractivity contribution in [3.8, 4) is 0 Å². The van der Waals surface area contributed by atoms with Crippen LogP contribution in [-0.2, 0) is 4.79 Å². The third kappa shape index (κ3) is 3.83. The molecule has 0 saturated heterocycles. The van der Waals surface area contributed by atoms with Crippen LogP contribution in [0.4, 0.5) is 0 Å². The van der Waals surface area contributed by atoms with Crippen LogP contribution >= 0.6 is 0 Å². The molecule has 0 aromatic rings. The van der Waals surface area contributed by atoms with Crippen LogP contribution in [0.5, 0.6) is 0 Å². The minimum atomic E-state index is -0.785. The second-order valence-corrected chi connectivity index (χ2v) is 7.59. The lowest BCUT2D eigenvalue weighted by molar-refractivity contribution is -0.136. The van der Waals surface area contributed by atoms with Crippen molar-refractivity contribution in [2.45, 2.75) is 63.6 Å². The highest BCUT2D eigenvalue weighted by molar-refractivity contribution is 5.66. The zero-order valence-corrected chi connectivity index (χ0v) is 14.1. The Bertz CT molecular complexity index is 552. The maximum Gasteiger partial charge on any atom is 0.303 e. The summed E-state index contributed by atoms with van der Waals surface area (Å²) in [5, 5.41) is 29.3. The largest absolute Gasteiger partial charge is 0.481 e. The fourth-order valence-electron chi connectivity index (χ4n) is 4.54. The number of hydrogen-bond donors (Lipinski definition) is 3. The molecule has 5 atom stereocenters. The Morgan fingerprint density at radius 1 is 1.33 bits per heavy atom. The van der Waals surface area contributed by atoms with Crippen LogP contribution in [0.1, 0.15) is 51.4 Å². The second-order valence-electron chi connectivity index (χ2n) is 7.59. The van der Waals surface area contributed by atoms with Crippen LogP contribution in [0.25, 0.3) is 0 Å². The van der Waals surface area contributed by atoms with Crippen molar-refractivity contribution in [1.29, 1.82) is 0 Å². The van der Waals surface area contributed by atoms with Gasteiger partial charge in [0, 0.05) is 12.3 Å². The zero-order chi connectivity index (χ0) is 17.1. The molecule has 0 bridgehead atoms. The standard InChI is InChI=1S/C20H28O4/c21-18(13-5-1-2-6-13)10-9-15-12-16-14(11-17(16)20(15)24)7-3-4-8-19(22)23/h3,9-10,13,15-18,20-21,24H,1-2,4-6,8,11-12H2,(H,22,23)/b10-9+. The van der Waals surface area contributed by atoms with Gasteiger partial charge in [0.2, 0.25) is 0 Å². The van der Waals surface area contributed by atoms with E-state index in [1.165, 1.54) is 18.4 Å². The normalized spacial score (nSPS) is 34.0. The third-order valence-electron chi connectivity index (χ3n) is 6.05. The molecule has 0 aromatic heterocycles. The summed E-state index contributed by atoms with van der Waals surface area (Å²) >= 11 is 0. The fraction of sp³-hybridized carbons (Fsp3) is 0.700. The van der Waals surface area contributed by atoms with Crippen LogP contribution in [0.2, 0.25) is 0 Å². The maximum atomic E-state index is 10.5. The van der Waals surface area contributed by atoms with Crippen LogP contribution in [0.15, 0.2) is 29.5 Å². The SMILES string of the molecule is O=C(O)CCC=C=C1CC2C1CC(/C=C/C(O)C1CCCC1)C2O. The molecule has 4 nitrogen and oxygen atoms in total. The second kappa shape index (κ2) is 7.69. The first-order valence-electron chi connectivity index (χ1n) is 9.26. The van der Waals surface area contributed by atoms with E-state index in [0.29, 0.717) is 24.2 Å². The molecule has 0 radical (unpaired) electrons. The number of aliphatic hydroxyl groups is 2. The van der Waals surface area contributed by atoms with E-state index < -0.39 is 5.97 Å². The van der Waals surface area contributed by atoms with E-state index in [0.717, 1.165) is 25.7 Å². The first-order chi connectivity index (χ1) is 11.6. The minimum absolute atomic E-state index is 0.120. The van der Waals surface area contributed by atoms with Gasteiger partial charge in [0.25, 0.3) is 0 Å². The molecular weight excluding hydrogens is 304 g/mol. The molecule has 0 heterocycles. The quantitative estimate of drug-likeness (QED) is 0.516. The van der Waals surface area contributed by atoms with Crippen molar-refractivity contribution in [3.05, 3.63) is 29.5 Å². The molecule has 3 N–H and O–H groups in total. The van der Waals surface area contributed by atoms with Gasteiger partial charge in [-0.15, -0.1) is 5.73 Å². The summed E-state index contributed by atoms with van der Waals surface area (Å²) in [5.74, 6) is 0.406. The van der Waals surface area contributed by atoms with Gasteiger partial charge in [-0.2, -0.15) is 0 Å². The van der Waals surface area contributed by atoms with Gasteiger partial charge in [-0.3, -0.25) is 4.79 Å². The molecule has 3 saturated carbocycles. The highest BCUT2D eigenvalue weighted by atomic mass is 16.4. The van der Waals surface area contributed by atoms with Crippen molar-refractivity contribution >= 4 is 5.97 Å². The molecule has 4 heteroatoms. The summed E-state index contributed by atoms with van der Waals surface area (Å²) < 4.78 is 0. The van der Waals surface area contributed by atoms with Gasteiger partial charge in [0.1, 0.15) is 0 Å². The number of allylic oxidation sites excluding steroid dienone is 1. The van der Waals surface area contributed by atoms with Gasteiger partial charge in [0.05, 0.1) is 12.2 Å². The molecule has 3 aliphatic carbocycles. The van der Waals surface area contributed by atoms with Gasteiger partial charge < -0.3 is 15.3 Å². The zero-order valence-electron chi connectivity index (χ0n) is 14.1. The van der Waals surface area contributed by atoms with Gasteiger partial charge in [-0.1, -0.05) is 25.0 Å². The first kappa shape index (κ1) is 17.5. The number of aliphatic carboxylic acids is 1. The first-order valence-corrected chi connectivity index (χ1v) is 9.26. The van der Waals surface area contributed by atoms with E-state index in [1.54, 1.807) is 0 Å². The lowest BCUT2D eigenvalue weighted by Crippen LogP contribution is -2.31. The van der Waals surface area contributed by atoms with Crippen LogP contribution in [-0.4, -0.2) is 33.5 Å². The smallest absolute Gasteiger partial charge is 0.303 e. The molecule has 0 spiro atoms. The Hall–Kier alpha value is -1.35. The average Bonchev–Trinajstić information content (AvgIpc) is 3.13. The van der Waals surface area contributed by atoms with E-state index in [2.05, 4.69) is 5.73 Å². The van der Waals surface area contributed by atoms with Crippen molar-refractivity contribution in [2.75, 3.05) is 0 Å². The number of carboxylic acid groups (broad SMARTS) is 1. The van der Waals surface area contributed by atoms with E-state index in [-0.39, 0.29) is 24.5 Å². The Morgan fingerprint density at radius 2 is 2.08 bits per heavy atom. The Labute approximate surface area is 143 Å². The Morgan fingerprint density at radius 3 is 2.79 bits per heavy atom. The number of fused-ring (bicyclic) bond motifs is 1. The lowest BCUT2D eigenvalue weighted by atomic mass is 9.71. The predicted octanol–water partition coefficient (Wildman–Crippen LogP) is 3.06. The van der Waals surface area contributed by atoms with Crippen molar-refractivity contribution in [3.63, 3.8) is 0 Å². The summed E-state index contributed by atoms with van der Waals surface area (Å²) in [6, 6.07) is 0. The molecule has 3 aliphatic rings. The molecule has 5 unspecified atom stereocenters. The molecule has 3 fully saturated rings. The summed E-state index contributed by atoms with van der Waals surface area (Å²) in [4.78, 5) is 10.5. The molecule has 0 aliphatic heterocycles. The van der Waals surface area contributed by atoms with Gasteiger partial charge in [0.15, 0.2) is 0 Å². The van der Waals surface area contributed by atoms with Crippen LogP contribution < -0.4 is 0 Å². The fourth-order valence-corrected chi connectivity index (χ4v) is 4.54. The Balaban J connectivity index is 1.53. The Kier molecular flexibility index (Phi) is 5.60.